The van der Waals surface area contributed by atoms with Gasteiger partial charge in [0.05, 0.1) is 5.75 Å². The highest BCUT2D eigenvalue weighted by molar-refractivity contribution is 7.99. The van der Waals surface area contributed by atoms with E-state index < -0.39 is 0 Å². The number of halogens is 1. The van der Waals surface area contributed by atoms with E-state index in [9.17, 15) is 9.18 Å². The molecule has 0 radical (unpaired) electrons. The summed E-state index contributed by atoms with van der Waals surface area (Å²) in [5.74, 6) is 0.0528. The molecule has 2 rings (SSSR count). The zero-order valence-corrected chi connectivity index (χ0v) is 12.6. The standard InChI is InChI=1S/C13H16FN5OS/c1-18(7-9-5-3-4-6-10(9)14)11(20)8-21-13-17-16-12(15)19(13)2/h3-6H,7-8H2,1-2H3,(H2,15,16). The molecule has 0 saturated carbocycles. The average molecular weight is 309 g/mol. The van der Waals surface area contributed by atoms with Crippen LogP contribution in [0.15, 0.2) is 29.4 Å². The summed E-state index contributed by atoms with van der Waals surface area (Å²) in [7, 11) is 3.37. The molecule has 0 aliphatic carbocycles. The zero-order chi connectivity index (χ0) is 15.4. The Kier molecular flexibility index (Phi) is 4.79. The van der Waals surface area contributed by atoms with Gasteiger partial charge >= 0.3 is 0 Å². The summed E-state index contributed by atoms with van der Waals surface area (Å²) < 4.78 is 15.1. The van der Waals surface area contributed by atoms with Gasteiger partial charge in [0, 0.05) is 26.2 Å². The minimum atomic E-state index is -0.314. The predicted octanol–water partition coefficient (Wildman–Crippen LogP) is 1.29. The van der Waals surface area contributed by atoms with Gasteiger partial charge in [-0.05, 0) is 6.07 Å². The summed E-state index contributed by atoms with van der Waals surface area (Å²) >= 11 is 1.24. The summed E-state index contributed by atoms with van der Waals surface area (Å²) in [5, 5.41) is 8.15. The summed E-state index contributed by atoms with van der Waals surface area (Å²) in [6, 6.07) is 6.41. The van der Waals surface area contributed by atoms with Gasteiger partial charge < -0.3 is 10.6 Å². The molecule has 0 aliphatic heterocycles. The Morgan fingerprint density at radius 3 is 2.76 bits per heavy atom. The second-order valence-corrected chi connectivity index (χ2v) is 5.47. The van der Waals surface area contributed by atoms with E-state index in [1.807, 2.05) is 0 Å². The molecule has 112 valence electrons. The van der Waals surface area contributed by atoms with Gasteiger partial charge in [0.1, 0.15) is 5.82 Å². The first-order chi connectivity index (χ1) is 9.99. The van der Waals surface area contributed by atoms with Gasteiger partial charge in [-0.25, -0.2) is 4.39 Å². The lowest BCUT2D eigenvalue weighted by atomic mass is 10.2. The molecule has 0 atom stereocenters. The van der Waals surface area contributed by atoms with Gasteiger partial charge in [0.25, 0.3) is 0 Å². The molecule has 0 unspecified atom stereocenters. The molecule has 0 aliphatic rings. The quantitative estimate of drug-likeness (QED) is 0.842. The minimum Gasteiger partial charge on any atom is -0.368 e. The number of carbonyl (C=O) groups excluding carboxylic acids is 1. The molecular formula is C13H16FN5OS. The average Bonchev–Trinajstić information content (AvgIpc) is 2.78. The number of benzene rings is 1. The highest BCUT2D eigenvalue weighted by Gasteiger charge is 2.14. The number of aromatic nitrogens is 3. The molecule has 6 nitrogen and oxygen atoms in total. The van der Waals surface area contributed by atoms with E-state index in [2.05, 4.69) is 10.2 Å². The predicted molar refractivity (Wildman–Crippen MR) is 79.0 cm³/mol. The molecule has 1 amide bonds. The number of amides is 1. The van der Waals surface area contributed by atoms with Crippen molar-refractivity contribution < 1.29 is 9.18 Å². The van der Waals surface area contributed by atoms with Gasteiger partial charge in [-0.3, -0.25) is 9.36 Å². The lowest BCUT2D eigenvalue weighted by Gasteiger charge is -2.17. The number of hydrogen-bond acceptors (Lipinski definition) is 5. The van der Waals surface area contributed by atoms with Crippen molar-refractivity contribution in [2.24, 2.45) is 7.05 Å². The lowest BCUT2D eigenvalue weighted by molar-refractivity contribution is -0.127. The van der Waals surface area contributed by atoms with Gasteiger partial charge in [-0.15, -0.1) is 10.2 Å². The van der Waals surface area contributed by atoms with Crippen molar-refractivity contribution in [3.63, 3.8) is 0 Å². The molecule has 1 heterocycles. The van der Waals surface area contributed by atoms with Crippen molar-refractivity contribution >= 4 is 23.6 Å². The van der Waals surface area contributed by atoms with Crippen LogP contribution >= 0.6 is 11.8 Å². The second-order valence-electron chi connectivity index (χ2n) is 4.53. The van der Waals surface area contributed by atoms with Crippen molar-refractivity contribution in [3.8, 4) is 0 Å². The van der Waals surface area contributed by atoms with Crippen molar-refractivity contribution in [2.75, 3.05) is 18.5 Å². The van der Waals surface area contributed by atoms with Crippen LogP contribution in [0.3, 0.4) is 0 Å². The van der Waals surface area contributed by atoms with Crippen LogP contribution < -0.4 is 5.73 Å². The third-order valence-electron chi connectivity index (χ3n) is 2.98. The number of rotatable bonds is 5. The third-order valence-corrected chi connectivity index (χ3v) is 3.99. The fourth-order valence-electron chi connectivity index (χ4n) is 1.66. The first kappa shape index (κ1) is 15.3. The zero-order valence-electron chi connectivity index (χ0n) is 11.8. The largest absolute Gasteiger partial charge is 0.368 e. The number of anilines is 1. The highest BCUT2D eigenvalue weighted by Crippen LogP contribution is 2.17. The monoisotopic (exact) mass is 309 g/mol. The molecule has 0 saturated heterocycles. The minimum absolute atomic E-state index is 0.121. The van der Waals surface area contributed by atoms with Crippen molar-refractivity contribution in [3.05, 3.63) is 35.6 Å². The van der Waals surface area contributed by atoms with Gasteiger partial charge in [0.15, 0.2) is 5.16 Å². The SMILES string of the molecule is CN(Cc1ccccc1F)C(=O)CSc1nnc(N)n1C. The molecule has 1 aromatic carbocycles. The normalized spacial score (nSPS) is 10.6. The molecule has 8 heteroatoms. The first-order valence-corrected chi connectivity index (χ1v) is 7.22. The van der Waals surface area contributed by atoms with Gasteiger partial charge in [-0.2, -0.15) is 0 Å². The van der Waals surface area contributed by atoms with E-state index in [0.717, 1.165) is 0 Å². The lowest BCUT2D eigenvalue weighted by Crippen LogP contribution is -2.28. The number of nitrogen functional groups attached to an aromatic ring is 1. The van der Waals surface area contributed by atoms with Gasteiger partial charge in [-0.1, -0.05) is 30.0 Å². The van der Waals surface area contributed by atoms with E-state index in [0.29, 0.717) is 16.7 Å². The second kappa shape index (κ2) is 6.57. The topological polar surface area (TPSA) is 77.0 Å². The molecule has 0 bridgehead atoms. The number of nitrogens with two attached hydrogens (primary N) is 1. The molecule has 21 heavy (non-hydrogen) atoms. The van der Waals surface area contributed by atoms with Crippen LogP contribution in [0, 0.1) is 5.82 Å². The number of hydrogen-bond donors (Lipinski definition) is 1. The van der Waals surface area contributed by atoms with Crippen LogP contribution in [0.25, 0.3) is 0 Å². The Balaban J connectivity index is 1.91. The summed E-state index contributed by atoms with van der Waals surface area (Å²) in [6.07, 6.45) is 0. The molecule has 0 fully saturated rings. The van der Waals surface area contributed by atoms with Crippen molar-refractivity contribution in [1.82, 2.24) is 19.7 Å². The molecule has 1 aromatic heterocycles. The van der Waals surface area contributed by atoms with Crippen LogP contribution in [0.2, 0.25) is 0 Å². The third kappa shape index (κ3) is 3.72. The number of nitrogens with zero attached hydrogens (tertiary/aromatic N) is 4. The van der Waals surface area contributed by atoms with Crippen LogP contribution in [0.5, 0.6) is 0 Å². The number of carbonyl (C=O) groups is 1. The fraction of sp³-hybridized carbons (Fsp3) is 0.308. The van der Waals surface area contributed by atoms with Crippen molar-refractivity contribution in [1.29, 1.82) is 0 Å². The maximum Gasteiger partial charge on any atom is 0.233 e. The fourth-order valence-corrected chi connectivity index (χ4v) is 2.52. The highest BCUT2D eigenvalue weighted by atomic mass is 32.2. The Labute approximate surface area is 126 Å². The van der Waals surface area contributed by atoms with Crippen LogP contribution in [-0.2, 0) is 18.4 Å². The summed E-state index contributed by atoms with van der Waals surface area (Å²) in [4.78, 5) is 13.5. The molecule has 0 spiro atoms. The molecule has 2 aromatic rings. The Morgan fingerprint density at radius 2 is 2.14 bits per heavy atom. The first-order valence-electron chi connectivity index (χ1n) is 6.24. The number of thioether (sulfide) groups is 1. The van der Waals surface area contributed by atoms with Crippen LogP contribution in [0.1, 0.15) is 5.56 Å². The smallest absolute Gasteiger partial charge is 0.233 e. The van der Waals surface area contributed by atoms with E-state index in [4.69, 9.17) is 5.73 Å². The maximum atomic E-state index is 13.5. The Hall–Kier alpha value is -2.09. The van der Waals surface area contributed by atoms with Crippen LogP contribution in [0.4, 0.5) is 10.3 Å². The summed E-state index contributed by atoms with van der Waals surface area (Å²) in [6.45, 7) is 0.229. The van der Waals surface area contributed by atoms with E-state index in [-0.39, 0.29) is 24.0 Å². The molecule has 2 N–H and O–H groups in total. The van der Waals surface area contributed by atoms with E-state index in [1.165, 1.54) is 22.7 Å². The van der Waals surface area contributed by atoms with Gasteiger partial charge in [0.2, 0.25) is 11.9 Å². The van der Waals surface area contributed by atoms with Crippen molar-refractivity contribution in [2.45, 2.75) is 11.7 Å². The summed E-state index contributed by atoms with van der Waals surface area (Å²) in [5.41, 5.74) is 6.05. The Morgan fingerprint density at radius 1 is 1.43 bits per heavy atom. The molecular weight excluding hydrogens is 293 g/mol. The van der Waals surface area contributed by atoms with Crippen LogP contribution in [-0.4, -0.2) is 38.4 Å². The Bertz CT molecular complexity index is 645. The van der Waals surface area contributed by atoms with E-state index >= 15 is 0 Å². The maximum absolute atomic E-state index is 13.5. The van der Waals surface area contributed by atoms with E-state index in [1.54, 1.807) is 36.9 Å².